The van der Waals surface area contributed by atoms with Crippen molar-refractivity contribution in [2.24, 2.45) is 34.5 Å². The lowest BCUT2D eigenvalue weighted by molar-refractivity contribution is -0.160. The molecule has 5 rings (SSSR count). The molecule has 5 aliphatic rings. The highest BCUT2D eigenvalue weighted by Gasteiger charge is 2.69. The van der Waals surface area contributed by atoms with Crippen LogP contribution in [-0.4, -0.2) is 47.2 Å². The molecule has 1 aliphatic heterocycles. The summed E-state index contributed by atoms with van der Waals surface area (Å²) in [6.07, 6.45) is 8.57. The van der Waals surface area contributed by atoms with E-state index in [2.05, 4.69) is 19.9 Å². The maximum atomic E-state index is 13.0. The number of aliphatic hydroxyl groups is 1. The van der Waals surface area contributed by atoms with E-state index in [1.807, 2.05) is 11.9 Å². The van der Waals surface area contributed by atoms with Crippen molar-refractivity contribution in [1.29, 1.82) is 0 Å². The van der Waals surface area contributed by atoms with Gasteiger partial charge in [0.25, 0.3) is 0 Å². The first-order chi connectivity index (χ1) is 13.7. The molecule has 0 aromatic carbocycles. The topological polar surface area (TPSA) is 66.8 Å². The van der Waals surface area contributed by atoms with Crippen molar-refractivity contribution >= 4 is 11.9 Å². The van der Waals surface area contributed by atoms with Gasteiger partial charge < -0.3 is 14.7 Å². The van der Waals surface area contributed by atoms with E-state index in [0.717, 1.165) is 44.9 Å². The number of hydrogen-bond acceptors (Lipinski definition) is 4. The second-order valence-corrected chi connectivity index (χ2v) is 10.8. The van der Waals surface area contributed by atoms with Crippen LogP contribution in [0.25, 0.3) is 0 Å². The van der Waals surface area contributed by atoms with Crippen molar-refractivity contribution < 1.29 is 19.4 Å². The summed E-state index contributed by atoms with van der Waals surface area (Å²) in [5.41, 5.74) is 1.06. The summed E-state index contributed by atoms with van der Waals surface area (Å²) in [6, 6.07) is 0.229. The van der Waals surface area contributed by atoms with Crippen LogP contribution in [0.3, 0.4) is 0 Å². The number of aliphatic hydroxyl groups excluding tert-OH is 1. The Labute approximate surface area is 173 Å². The molecule has 3 saturated carbocycles. The Morgan fingerprint density at radius 2 is 1.90 bits per heavy atom. The molecule has 0 aromatic heterocycles. The molecule has 1 unspecified atom stereocenters. The summed E-state index contributed by atoms with van der Waals surface area (Å²) >= 11 is 0. The first-order valence-corrected chi connectivity index (χ1v) is 11.5. The van der Waals surface area contributed by atoms with E-state index in [1.54, 1.807) is 6.92 Å². The number of carbonyl (C=O) groups excluding carboxylic acids is 2. The number of fused-ring (bicyclic) bond motifs is 4. The van der Waals surface area contributed by atoms with Crippen LogP contribution in [0.2, 0.25) is 0 Å². The van der Waals surface area contributed by atoms with Crippen LogP contribution in [0.4, 0.5) is 0 Å². The standard InChI is InChI=1S/C24H35NO4/c1-13-17-5-6-19-21-18(8-10-24(17,19)22(28)29-13)23(3)9-7-16(25(4)14(2)26)11-15(23)12-20(21)27/h12-13,16-21,27H,5-11H2,1-4H3/t13-,16-,17+,18?,19-,20-,21+,23-,24-/m0/s1. The van der Waals surface area contributed by atoms with E-state index in [0.29, 0.717) is 11.8 Å². The molecular weight excluding hydrogens is 366 g/mol. The third-order valence-electron chi connectivity index (χ3n) is 9.96. The minimum Gasteiger partial charge on any atom is -0.462 e. The van der Waals surface area contributed by atoms with Gasteiger partial charge in [-0.2, -0.15) is 0 Å². The molecule has 0 bridgehead atoms. The minimum atomic E-state index is -0.492. The van der Waals surface area contributed by atoms with Gasteiger partial charge in [0, 0.05) is 25.9 Å². The SMILES string of the molecule is CC(=O)N(C)[C@H]1CC[C@@]2(C)C(=C[C@H](O)[C@@H]3C2CC[C@]24C(=O)O[C@@H](C)[C@H]2CC[C@@H]34)C1. The van der Waals surface area contributed by atoms with Crippen LogP contribution in [-0.2, 0) is 14.3 Å². The third kappa shape index (κ3) is 2.43. The first kappa shape index (κ1) is 19.6. The monoisotopic (exact) mass is 401 g/mol. The van der Waals surface area contributed by atoms with Crippen molar-refractivity contribution in [3.8, 4) is 0 Å². The number of esters is 1. The molecule has 5 nitrogen and oxygen atoms in total. The van der Waals surface area contributed by atoms with Crippen LogP contribution >= 0.6 is 0 Å². The number of rotatable bonds is 1. The van der Waals surface area contributed by atoms with Crippen LogP contribution in [0.1, 0.15) is 65.7 Å². The van der Waals surface area contributed by atoms with Gasteiger partial charge in [-0.05, 0) is 75.0 Å². The Morgan fingerprint density at radius 3 is 2.62 bits per heavy atom. The van der Waals surface area contributed by atoms with Crippen LogP contribution in [0, 0.1) is 34.5 Å². The molecule has 4 aliphatic carbocycles. The fourth-order valence-electron chi connectivity index (χ4n) is 8.36. The fourth-order valence-corrected chi connectivity index (χ4v) is 8.36. The highest BCUT2D eigenvalue weighted by Crippen LogP contribution is 2.68. The van der Waals surface area contributed by atoms with Gasteiger partial charge in [0.2, 0.25) is 5.91 Å². The first-order valence-electron chi connectivity index (χ1n) is 11.5. The fraction of sp³-hybridized carbons (Fsp3) is 0.833. The highest BCUT2D eigenvalue weighted by molar-refractivity contribution is 5.81. The molecule has 1 heterocycles. The zero-order valence-corrected chi connectivity index (χ0v) is 18.2. The summed E-state index contributed by atoms with van der Waals surface area (Å²) in [6.45, 7) is 6.06. The largest absolute Gasteiger partial charge is 0.462 e. The molecule has 1 amide bonds. The maximum Gasteiger partial charge on any atom is 0.313 e. The molecule has 9 atom stereocenters. The summed E-state index contributed by atoms with van der Waals surface area (Å²) in [4.78, 5) is 26.7. The van der Waals surface area contributed by atoms with Crippen molar-refractivity contribution in [2.75, 3.05) is 7.05 Å². The summed E-state index contributed by atoms with van der Waals surface area (Å²) in [5, 5.41) is 11.3. The van der Waals surface area contributed by atoms with E-state index in [1.165, 1.54) is 5.57 Å². The number of amides is 1. The van der Waals surface area contributed by atoms with Crippen molar-refractivity contribution in [3.05, 3.63) is 11.6 Å². The van der Waals surface area contributed by atoms with Crippen molar-refractivity contribution in [1.82, 2.24) is 4.90 Å². The Bertz CT molecular complexity index is 777. The molecule has 0 aromatic rings. The summed E-state index contributed by atoms with van der Waals surface area (Å²) in [7, 11) is 1.90. The lowest BCUT2D eigenvalue weighted by Crippen LogP contribution is -2.57. The predicted octanol–water partition coefficient (Wildman–Crippen LogP) is 3.31. The number of hydrogen-bond donors (Lipinski definition) is 1. The molecule has 0 radical (unpaired) electrons. The molecule has 1 spiro atoms. The second-order valence-electron chi connectivity index (χ2n) is 10.8. The molecular formula is C24H35NO4. The van der Waals surface area contributed by atoms with Gasteiger partial charge in [-0.3, -0.25) is 9.59 Å². The Balaban J connectivity index is 1.48. The summed E-state index contributed by atoms with van der Waals surface area (Å²) < 4.78 is 5.72. The van der Waals surface area contributed by atoms with Gasteiger partial charge in [0.05, 0.1) is 11.5 Å². The molecule has 4 fully saturated rings. The Kier molecular flexibility index (Phi) is 4.27. The van der Waals surface area contributed by atoms with E-state index in [-0.39, 0.29) is 46.7 Å². The zero-order chi connectivity index (χ0) is 20.7. The lowest BCUT2D eigenvalue weighted by atomic mass is 9.46. The third-order valence-corrected chi connectivity index (χ3v) is 9.96. The Morgan fingerprint density at radius 1 is 1.17 bits per heavy atom. The molecule has 5 heteroatoms. The van der Waals surface area contributed by atoms with E-state index >= 15 is 0 Å². The average molecular weight is 402 g/mol. The zero-order valence-electron chi connectivity index (χ0n) is 18.2. The van der Waals surface area contributed by atoms with E-state index < -0.39 is 6.10 Å². The van der Waals surface area contributed by atoms with Gasteiger partial charge >= 0.3 is 5.97 Å². The number of ether oxygens (including phenoxy) is 1. The van der Waals surface area contributed by atoms with Gasteiger partial charge in [0.15, 0.2) is 0 Å². The average Bonchev–Trinajstić information content (AvgIpc) is 3.18. The van der Waals surface area contributed by atoms with E-state index in [4.69, 9.17) is 4.74 Å². The number of nitrogens with zero attached hydrogens (tertiary/aromatic N) is 1. The molecule has 160 valence electrons. The number of carbonyl (C=O) groups is 2. The van der Waals surface area contributed by atoms with Crippen LogP contribution < -0.4 is 0 Å². The maximum absolute atomic E-state index is 13.0. The minimum absolute atomic E-state index is 0.00914. The second kappa shape index (κ2) is 6.32. The van der Waals surface area contributed by atoms with Gasteiger partial charge in [-0.15, -0.1) is 0 Å². The van der Waals surface area contributed by atoms with Crippen LogP contribution in [0.5, 0.6) is 0 Å². The lowest BCUT2D eigenvalue weighted by Gasteiger charge is -2.58. The molecule has 1 N–H and O–H groups in total. The number of cyclic esters (lactones) is 1. The van der Waals surface area contributed by atoms with Crippen LogP contribution in [0.15, 0.2) is 11.6 Å². The van der Waals surface area contributed by atoms with E-state index in [9.17, 15) is 14.7 Å². The molecule has 29 heavy (non-hydrogen) atoms. The Hall–Kier alpha value is -1.36. The van der Waals surface area contributed by atoms with Gasteiger partial charge in [-0.1, -0.05) is 18.6 Å². The van der Waals surface area contributed by atoms with Gasteiger partial charge in [-0.25, -0.2) is 0 Å². The normalized spacial score (nSPS) is 50.6. The quantitative estimate of drug-likeness (QED) is 0.541. The summed E-state index contributed by atoms with van der Waals surface area (Å²) in [5.74, 6) is 1.26. The molecule has 1 saturated heterocycles. The van der Waals surface area contributed by atoms with Gasteiger partial charge in [0.1, 0.15) is 6.10 Å². The van der Waals surface area contributed by atoms with Crippen molar-refractivity contribution in [3.63, 3.8) is 0 Å². The predicted molar refractivity (Wildman–Crippen MR) is 109 cm³/mol. The smallest absolute Gasteiger partial charge is 0.313 e. The van der Waals surface area contributed by atoms with Crippen molar-refractivity contribution in [2.45, 2.75) is 84.0 Å². The highest BCUT2D eigenvalue weighted by atomic mass is 16.6.